The van der Waals surface area contributed by atoms with Crippen molar-refractivity contribution in [1.29, 1.82) is 0 Å². The van der Waals surface area contributed by atoms with Crippen molar-refractivity contribution in [2.45, 2.75) is 0 Å². The van der Waals surface area contributed by atoms with Crippen LogP contribution in [0.1, 0.15) is 6.99 Å². The highest BCUT2D eigenvalue weighted by Gasteiger charge is 1.93. The summed E-state index contributed by atoms with van der Waals surface area (Å²) in [6.07, 6.45) is 3.17. The van der Waals surface area contributed by atoms with Crippen molar-refractivity contribution >= 4 is 17.6 Å². The Kier molecular flexibility index (Phi) is 1.58. The second kappa shape index (κ2) is 2.39. The molecule has 1 aromatic rings. The molecule has 1 heterocycles. The maximum absolute atomic E-state index is 5.51. The molecular formula is C7H11N3. The Bertz CT molecular complexity index is 260. The molecule has 0 aliphatic rings. The van der Waals surface area contributed by atoms with E-state index in [0.717, 1.165) is 5.56 Å². The van der Waals surface area contributed by atoms with Crippen LogP contribution in [0, 0.1) is 0 Å². The molecule has 0 atom stereocenters. The third kappa shape index (κ3) is 1.07. The molecule has 1 rings (SSSR count). The second-order valence-electron chi connectivity index (χ2n) is 1.94. The summed E-state index contributed by atoms with van der Waals surface area (Å²) in [6.45, 7) is 3.57. The van der Waals surface area contributed by atoms with E-state index in [4.69, 9.17) is 11.5 Å². The number of aromatic nitrogens is 1. The number of hydrogen-bond acceptors (Lipinski definition) is 3. The van der Waals surface area contributed by atoms with E-state index in [0.29, 0.717) is 11.5 Å². The molecular weight excluding hydrogens is 126 g/mol. The summed E-state index contributed by atoms with van der Waals surface area (Å²) < 4.78 is 0. The zero-order chi connectivity index (χ0) is 7.56. The van der Waals surface area contributed by atoms with E-state index in [1.165, 1.54) is 6.20 Å². The van der Waals surface area contributed by atoms with E-state index >= 15 is 0 Å². The summed E-state index contributed by atoms with van der Waals surface area (Å²) >= 11 is 0. The molecule has 54 valence electrons. The van der Waals surface area contributed by atoms with Crippen molar-refractivity contribution in [1.82, 2.24) is 4.98 Å². The van der Waals surface area contributed by atoms with E-state index in [-0.39, 0.29) is 1.43 Å². The predicted molar refractivity (Wildman–Crippen MR) is 45.3 cm³/mol. The Morgan fingerprint density at radius 1 is 1.60 bits per heavy atom. The summed E-state index contributed by atoms with van der Waals surface area (Å²) in [4.78, 5) is 3.79. The lowest BCUT2D eigenvalue weighted by Crippen LogP contribution is -1.94. The summed E-state index contributed by atoms with van der Waals surface area (Å²) in [5, 5.41) is 0. The normalized spacial score (nSPS) is 9.20. The van der Waals surface area contributed by atoms with Crippen molar-refractivity contribution in [3.8, 4) is 0 Å². The van der Waals surface area contributed by atoms with Gasteiger partial charge in [-0.15, -0.1) is 0 Å². The Hall–Kier alpha value is -1.51. The van der Waals surface area contributed by atoms with Crippen LogP contribution in [0.5, 0.6) is 0 Å². The highest BCUT2D eigenvalue weighted by atomic mass is 14.8. The largest absolute Gasteiger partial charge is 0.397 e. The van der Waals surface area contributed by atoms with E-state index in [1.54, 1.807) is 12.1 Å². The maximum Gasteiger partial charge on any atom is 0.124 e. The van der Waals surface area contributed by atoms with Crippen LogP contribution in [0.15, 0.2) is 18.8 Å². The molecule has 3 nitrogen and oxygen atoms in total. The highest BCUT2D eigenvalue weighted by Crippen LogP contribution is 2.12. The monoisotopic (exact) mass is 137 g/mol. The first kappa shape index (κ1) is 6.61. The molecule has 0 bridgehead atoms. The lowest BCUT2D eigenvalue weighted by Gasteiger charge is -1.98. The van der Waals surface area contributed by atoms with E-state index in [2.05, 4.69) is 11.6 Å². The molecule has 0 amide bonds. The zero-order valence-electron chi connectivity index (χ0n) is 5.54. The van der Waals surface area contributed by atoms with Crippen LogP contribution in [0.2, 0.25) is 0 Å². The molecule has 0 spiro atoms. The van der Waals surface area contributed by atoms with Gasteiger partial charge >= 0.3 is 0 Å². The van der Waals surface area contributed by atoms with Gasteiger partial charge in [-0.3, -0.25) is 0 Å². The zero-order valence-corrected chi connectivity index (χ0v) is 5.54. The molecule has 0 fully saturated rings. The number of rotatable bonds is 1. The number of hydrogen-bond donors (Lipinski definition) is 2. The average Bonchev–Trinajstić information content (AvgIpc) is 1.94. The first-order valence-electron chi connectivity index (χ1n) is 2.87. The Labute approximate surface area is 60.9 Å². The van der Waals surface area contributed by atoms with Crippen molar-refractivity contribution in [3.05, 3.63) is 24.4 Å². The average molecular weight is 137 g/mol. The molecule has 0 radical (unpaired) electrons. The van der Waals surface area contributed by atoms with E-state index < -0.39 is 0 Å². The summed E-state index contributed by atoms with van der Waals surface area (Å²) in [5.74, 6) is 0.462. The first-order chi connectivity index (χ1) is 4.74. The SMILES string of the molecule is C=Cc1cc(N)ncc1N.[HH]. The van der Waals surface area contributed by atoms with Crippen LogP contribution in [0.4, 0.5) is 11.5 Å². The van der Waals surface area contributed by atoms with Crippen LogP contribution in [0.25, 0.3) is 6.08 Å². The molecule has 4 N–H and O–H groups in total. The number of nitrogen functional groups attached to an aromatic ring is 2. The molecule has 10 heavy (non-hydrogen) atoms. The van der Waals surface area contributed by atoms with Crippen LogP contribution >= 0.6 is 0 Å². The van der Waals surface area contributed by atoms with Crippen LogP contribution < -0.4 is 11.5 Å². The fourth-order valence-corrected chi connectivity index (χ4v) is 0.675. The van der Waals surface area contributed by atoms with Gasteiger partial charge in [0.2, 0.25) is 0 Å². The standard InChI is InChI=1S/C7H9N3.H2/c1-2-5-3-7(9)10-4-6(5)8;/h2-4H,1,8H2,(H2,9,10);1H. The van der Waals surface area contributed by atoms with Crippen molar-refractivity contribution in [2.75, 3.05) is 11.5 Å². The minimum Gasteiger partial charge on any atom is -0.397 e. The van der Waals surface area contributed by atoms with Gasteiger partial charge in [-0.05, 0) is 6.07 Å². The smallest absolute Gasteiger partial charge is 0.124 e. The molecule has 0 aliphatic carbocycles. The van der Waals surface area contributed by atoms with Crippen molar-refractivity contribution in [3.63, 3.8) is 0 Å². The quantitative estimate of drug-likeness (QED) is 0.610. The molecule has 0 aliphatic heterocycles. The fourth-order valence-electron chi connectivity index (χ4n) is 0.675. The van der Waals surface area contributed by atoms with Gasteiger partial charge in [0, 0.05) is 6.99 Å². The Morgan fingerprint density at radius 3 is 2.80 bits per heavy atom. The summed E-state index contributed by atoms with van der Waals surface area (Å²) in [5.41, 5.74) is 12.3. The Balaban J connectivity index is 0.000001000. The number of pyridine rings is 1. The highest BCUT2D eigenvalue weighted by molar-refractivity contribution is 5.64. The van der Waals surface area contributed by atoms with Gasteiger partial charge in [-0.25, -0.2) is 4.98 Å². The number of nitrogens with two attached hydrogens (primary N) is 2. The summed E-state index contributed by atoms with van der Waals surface area (Å²) in [7, 11) is 0. The third-order valence-corrected chi connectivity index (χ3v) is 1.21. The molecule has 0 saturated carbocycles. The van der Waals surface area contributed by atoms with Gasteiger partial charge < -0.3 is 11.5 Å². The lowest BCUT2D eigenvalue weighted by molar-refractivity contribution is 1.33. The first-order valence-corrected chi connectivity index (χ1v) is 2.87. The molecule has 0 aromatic carbocycles. The predicted octanol–water partition coefficient (Wildman–Crippen LogP) is 1.14. The topological polar surface area (TPSA) is 64.9 Å². The molecule has 0 unspecified atom stereocenters. The molecule has 1 aromatic heterocycles. The van der Waals surface area contributed by atoms with Gasteiger partial charge in [0.15, 0.2) is 0 Å². The van der Waals surface area contributed by atoms with Crippen LogP contribution in [-0.4, -0.2) is 4.98 Å². The number of anilines is 2. The van der Waals surface area contributed by atoms with Gasteiger partial charge in [0.1, 0.15) is 5.82 Å². The molecule has 3 heteroatoms. The van der Waals surface area contributed by atoms with Gasteiger partial charge in [-0.2, -0.15) is 0 Å². The fraction of sp³-hybridized carbons (Fsp3) is 0. The lowest BCUT2D eigenvalue weighted by atomic mass is 10.2. The Morgan fingerprint density at radius 2 is 2.30 bits per heavy atom. The van der Waals surface area contributed by atoms with Crippen molar-refractivity contribution < 1.29 is 1.43 Å². The minimum atomic E-state index is 0. The number of nitrogens with zero attached hydrogens (tertiary/aromatic N) is 1. The maximum atomic E-state index is 5.51. The van der Waals surface area contributed by atoms with E-state index in [9.17, 15) is 0 Å². The molecule has 0 saturated heterocycles. The van der Waals surface area contributed by atoms with Crippen LogP contribution in [0.3, 0.4) is 0 Å². The second-order valence-corrected chi connectivity index (χ2v) is 1.94. The van der Waals surface area contributed by atoms with Gasteiger partial charge in [0.05, 0.1) is 11.9 Å². The minimum absolute atomic E-state index is 0. The van der Waals surface area contributed by atoms with Crippen LogP contribution in [-0.2, 0) is 0 Å². The van der Waals surface area contributed by atoms with E-state index in [1.807, 2.05) is 0 Å². The summed E-state index contributed by atoms with van der Waals surface area (Å²) in [6, 6.07) is 1.68. The van der Waals surface area contributed by atoms with Crippen molar-refractivity contribution in [2.24, 2.45) is 0 Å². The van der Waals surface area contributed by atoms with Gasteiger partial charge in [-0.1, -0.05) is 12.7 Å². The van der Waals surface area contributed by atoms with Gasteiger partial charge in [0.25, 0.3) is 0 Å². The third-order valence-electron chi connectivity index (χ3n) is 1.21.